The van der Waals surface area contributed by atoms with E-state index in [4.69, 9.17) is 5.11 Å². The molecule has 2 aliphatic rings. The van der Waals surface area contributed by atoms with Crippen LogP contribution < -0.4 is 0 Å². The van der Waals surface area contributed by atoms with Gasteiger partial charge >= 0.3 is 5.97 Å². The molecule has 0 radical (unpaired) electrons. The number of β-amino-alcohol motifs (C(OH)–C–C–N with tert-alkyl or cyclic N) is 1. The van der Waals surface area contributed by atoms with Gasteiger partial charge in [0.2, 0.25) is 10.0 Å². The Kier molecular flexibility index (Phi) is 3.93. The molecule has 2 fully saturated rings. The fraction of sp³-hybridized carbons (Fsp3) is 0.909. The SMILES string of the molecule is O=C(O)[C@H]1C[C@@H](O)CN1S(=O)(=O)C1CCCCC1. The summed E-state index contributed by atoms with van der Waals surface area (Å²) in [5.41, 5.74) is 0. The number of carboxylic acid groups (broad SMARTS) is 1. The third-order valence-corrected chi connectivity index (χ3v) is 6.19. The minimum Gasteiger partial charge on any atom is -0.480 e. The van der Waals surface area contributed by atoms with Crippen LogP contribution in [0.3, 0.4) is 0 Å². The molecule has 1 saturated heterocycles. The van der Waals surface area contributed by atoms with E-state index < -0.39 is 33.4 Å². The third-order valence-electron chi connectivity index (χ3n) is 3.82. The molecule has 0 spiro atoms. The summed E-state index contributed by atoms with van der Waals surface area (Å²) >= 11 is 0. The fourth-order valence-corrected chi connectivity index (χ4v) is 5.07. The Hall–Kier alpha value is -0.660. The van der Waals surface area contributed by atoms with Gasteiger partial charge < -0.3 is 10.2 Å². The van der Waals surface area contributed by atoms with Crippen LogP contribution in [-0.2, 0) is 14.8 Å². The average molecular weight is 277 g/mol. The molecule has 104 valence electrons. The van der Waals surface area contributed by atoms with E-state index in [0.29, 0.717) is 12.8 Å². The van der Waals surface area contributed by atoms with Crippen molar-refractivity contribution in [3.8, 4) is 0 Å². The van der Waals surface area contributed by atoms with E-state index in [0.717, 1.165) is 23.6 Å². The number of hydrogen-bond acceptors (Lipinski definition) is 4. The molecular formula is C11H19NO5S. The zero-order chi connectivity index (χ0) is 13.3. The van der Waals surface area contributed by atoms with Crippen LogP contribution in [-0.4, -0.2) is 52.8 Å². The molecule has 2 atom stereocenters. The molecular weight excluding hydrogens is 258 g/mol. The molecule has 0 aromatic rings. The van der Waals surface area contributed by atoms with E-state index in [9.17, 15) is 18.3 Å². The summed E-state index contributed by atoms with van der Waals surface area (Å²) in [5, 5.41) is 18.1. The topological polar surface area (TPSA) is 94.9 Å². The van der Waals surface area contributed by atoms with Crippen molar-refractivity contribution in [2.45, 2.75) is 55.9 Å². The first-order valence-electron chi connectivity index (χ1n) is 6.34. The van der Waals surface area contributed by atoms with Gasteiger partial charge in [-0.1, -0.05) is 19.3 Å². The highest BCUT2D eigenvalue weighted by molar-refractivity contribution is 7.89. The van der Waals surface area contributed by atoms with Gasteiger partial charge in [-0.25, -0.2) is 8.42 Å². The molecule has 2 N–H and O–H groups in total. The van der Waals surface area contributed by atoms with Gasteiger partial charge in [-0.15, -0.1) is 0 Å². The fourth-order valence-electron chi connectivity index (χ4n) is 2.84. The Morgan fingerprint density at radius 2 is 1.78 bits per heavy atom. The van der Waals surface area contributed by atoms with Crippen LogP contribution in [0.15, 0.2) is 0 Å². The molecule has 7 heteroatoms. The Labute approximate surface area is 107 Å². The zero-order valence-corrected chi connectivity index (χ0v) is 11.0. The number of carbonyl (C=O) groups is 1. The zero-order valence-electron chi connectivity index (χ0n) is 10.2. The second kappa shape index (κ2) is 5.14. The van der Waals surface area contributed by atoms with Crippen LogP contribution in [0.5, 0.6) is 0 Å². The van der Waals surface area contributed by atoms with Crippen molar-refractivity contribution >= 4 is 16.0 Å². The minimum atomic E-state index is -3.60. The third kappa shape index (κ3) is 2.53. The minimum absolute atomic E-state index is 0.0126. The summed E-state index contributed by atoms with van der Waals surface area (Å²) in [4.78, 5) is 11.1. The number of aliphatic hydroxyl groups is 1. The summed E-state index contributed by atoms with van der Waals surface area (Å²) < 4.78 is 25.8. The van der Waals surface area contributed by atoms with E-state index in [2.05, 4.69) is 0 Å². The summed E-state index contributed by atoms with van der Waals surface area (Å²) in [6.45, 7) is -0.0875. The van der Waals surface area contributed by atoms with Crippen molar-refractivity contribution in [3.05, 3.63) is 0 Å². The maximum atomic E-state index is 12.4. The van der Waals surface area contributed by atoms with Crippen LogP contribution >= 0.6 is 0 Å². The van der Waals surface area contributed by atoms with Gasteiger partial charge in [-0.3, -0.25) is 4.79 Å². The van der Waals surface area contributed by atoms with E-state index >= 15 is 0 Å². The van der Waals surface area contributed by atoms with Gasteiger partial charge in [0, 0.05) is 13.0 Å². The average Bonchev–Trinajstić information content (AvgIpc) is 2.73. The lowest BCUT2D eigenvalue weighted by molar-refractivity contribution is -0.140. The van der Waals surface area contributed by atoms with Gasteiger partial charge in [-0.05, 0) is 12.8 Å². The van der Waals surface area contributed by atoms with Crippen molar-refractivity contribution in [3.63, 3.8) is 0 Å². The predicted molar refractivity (Wildman–Crippen MR) is 64.5 cm³/mol. The highest BCUT2D eigenvalue weighted by Crippen LogP contribution is 2.30. The van der Waals surface area contributed by atoms with Crippen molar-refractivity contribution < 1.29 is 23.4 Å². The van der Waals surface area contributed by atoms with Gasteiger partial charge in [0.05, 0.1) is 11.4 Å². The molecule has 18 heavy (non-hydrogen) atoms. The lowest BCUT2D eigenvalue weighted by atomic mass is 10.0. The number of nitrogens with zero attached hydrogens (tertiary/aromatic N) is 1. The first kappa shape index (κ1) is 13.8. The molecule has 0 bridgehead atoms. The molecule has 1 saturated carbocycles. The van der Waals surface area contributed by atoms with Gasteiger partial charge in [0.1, 0.15) is 6.04 Å². The summed E-state index contributed by atoms with van der Waals surface area (Å²) in [5.74, 6) is -1.18. The molecule has 1 aliphatic carbocycles. The molecule has 0 aromatic heterocycles. The van der Waals surface area contributed by atoms with Crippen molar-refractivity contribution in [1.29, 1.82) is 0 Å². The molecule has 2 rings (SSSR count). The standard InChI is InChI=1S/C11H19NO5S/c13-8-6-10(11(14)15)12(7-8)18(16,17)9-4-2-1-3-5-9/h8-10,13H,1-7H2,(H,14,15)/t8-,10-/m1/s1. The number of aliphatic carboxylic acids is 1. The van der Waals surface area contributed by atoms with Crippen LogP contribution in [0.25, 0.3) is 0 Å². The van der Waals surface area contributed by atoms with Crippen LogP contribution in [0.2, 0.25) is 0 Å². The monoisotopic (exact) mass is 277 g/mol. The van der Waals surface area contributed by atoms with Crippen molar-refractivity contribution in [1.82, 2.24) is 4.31 Å². The summed E-state index contributed by atoms with van der Waals surface area (Å²) in [6, 6.07) is -1.10. The van der Waals surface area contributed by atoms with Gasteiger partial charge in [0.15, 0.2) is 0 Å². The van der Waals surface area contributed by atoms with Crippen molar-refractivity contribution in [2.75, 3.05) is 6.54 Å². The van der Waals surface area contributed by atoms with Crippen LogP contribution in [0.4, 0.5) is 0 Å². The molecule has 1 aliphatic heterocycles. The summed E-state index contributed by atoms with van der Waals surface area (Å²) in [7, 11) is -3.60. The Balaban J connectivity index is 2.20. The van der Waals surface area contributed by atoms with E-state index in [1.807, 2.05) is 0 Å². The van der Waals surface area contributed by atoms with Gasteiger partial charge in [-0.2, -0.15) is 4.31 Å². The second-order valence-corrected chi connectivity index (χ2v) is 7.28. The maximum absolute atomic E-state index is 12.4. The first-order chi connectivity index (χ1) is 8.43. The second-order valence-electron chi connectivity index (χ2n) is 5.12. The number of hydrogen-bond donors (Lipinski definition) is 2. The quantitative estimate of drug-likeness (QED) is 0.766. The highest BCUT2D eigenvalue weighted by Gasteiger charge is 2.45. The number of sulfonamides is 1. The summed E-state index contributed by atoms with van der Waals surface area (Å²) in [6.07, 6.45) is 3.10. The van der Waals surface area contributed by atoms with E-state index in [-0.39, 0.29) is 13.0 Å². The smallest absolute Gasteiger partial charge is 0.322 e. The van der Waals surface area contributed by atoms with E-state index in [1.54, 1.807) is 0 Å². The molecule has 0 unspecified atom stereocenters. The number of rotatable bonds is 3. The highest BCUT2D eigenvalue weighted by atomic mass is 32.2. The Morgan fingerprint density at radius 3 is 2.33 bits per heavy atom. The lowest BCUT2D eigenvalue weighted by Gasteiger charge is -2.28. The first-order valence-corrected chi connectivity index (χ1v) is 7.85. The maximum Gasteiger partial charge on any atom is 0.322 e. The predicted octanol–water partition coefficient (Wildman–Crippen LogP) is 0.169. The van der Waals surface area contributed by atoms with Gasteiger partial charge in [0.25, 0.3) is 0 Å². The number of carboxylic acids is 1. The largest absolute Gasteiger partial charge is 0.480 e. The molecule has 1 heterocycles. The van der Waals surface area contributed by atoms with Crippen LogP contribution in [0.1, 0.15) is 38.5 Å². The van der Waals surface area contributed by atoms with Crippen molar-refractivity contribution in [2.24, 2.45) is 0 Å². The molecule has 6 nitrogen and oxygen atoms in total. The van der Waals surface area contributed by atoms with E-state index in [1.165, 1.54) is 0 Å². The number of aliphatic hydroxyl groups excluding tert-OH is 1. The van der Waals surface area contributed by atoms with Crippen LogP contribution in [0, 0.1) is 0 Å². The lowest BCUT2D eigenvalue weighted by Crippen LogP contribution is -2.45. The molecule has 0 amide bonds. The Bertz CT molecular complexity index is 415. The normalized spacial score (nSPS) is 31.6. The Morgan fingerprint density at radius 1 is 1.17 bits per heavy atom. The molecule has 0 aromatic carbocycles.